The van der Waals surface area contributed by atoms with Crippen LogP contribution in [0.1, 0.15) is 19.4 Å². The van der Waals surface area contributed by atoms with E-state index in [2.05, 4.69) is 35.9 Å². The summed E-state index contributed by atoms with van der Waals surface area (Å²) in [5, 5.41) is 13.2. The van der Waals surface area contributed by atoms with Crippen molar-refractivity contribution in [2.75, 3.05) is 12.3 Å². The summed E-state index contributed by atoms with van der Waals surface area (Å²) in [6, 6.07) is 15.0. The normalized spacial score (nSPS) is 11.7. The number of amides is 1. The standard InChI is InChI=1S/C24H24ClN5O2S/c1-4-12-29-21(32)18-10-5-6-11-19(18)30-22(29)27-28-23(30)33-14-20(31)26-15-24(2,3)16-8-7-9-17(25)13-16/h4-11,13H,1,12,14-15H2,2-3H3,(H,26,31). The molecule has 0 aliphatic rings. The van der Waals surface area contributed by atoms with Crippen LogP contribution in [0.25, 0.3) is 16.7 Å². The first-order chi connectivity index (χ1) is 15.8. The molecule has 0 saturated heterocycles. The number of fused-ring (bicyclic) bond motifs is 3. The topological polar surface area (TPSA) is 81.3 Å². The van der Waals surface area contributed by atoms with Gasteiger partial charge >= 0.3 is 0 Å². The summed E-state index contributed by atoms with van der Waals surface area (Å²) in [6.07, 6.45) is 1.65. The van der Waals surface area contributed by atoms with Gasteiger partial charge in [-0.25, -0.2) is 0 Å². The van der Waals surface area contributed by atoms with Crippen molar-refractivity contribution in [1.82, 2.24) is 24.5 Å². The molecule has 0 radical (unpaired) electrons. The van der Waals surface area contributed by atoms with Gasteiger partial charge in [0.05, 0.1) is 16.7 Å². The molecular formula is C24H24ClN5O2S. The van der Waals surface area contributed by atoms with Gasteiger partial charge in [0.2, 0.25) is 11.7 Å². The molecule has 0 spiro atoms. The fraction of sp³-hybridized carbons (Fsp3) is 0.250. The first kappa shape index (κ1) is 23.1. The van der Waals surface area contributed by atoms with E-state index >= 15 is 0 Å². The second-order valence-electron chi connectivity index (χ2n) is 8.30. The Bertz CT molecular complexity index is 1410. The summed E-state index contributed by atoms with van der Waals surface area (Å²) in [4.78, 5) is 25.5. The zero-order chi connectivity index (χ0) is 23.6. The minimum absolute atomic E-state index is 0.115. The highest BCUT2D eigenvalue weighted by atomic mass is 35.5. The Labute approximate surface area is 200 Å². The van der Waals surface area contributed by atoms with Crippen LogP contribution in [-0.4, -0.2) is 37.4 Å². The van der Waals surface area contributed by atoms with E-state index in [0.717, 1.165) is 5.56 Å². The third kappa shape index (κ3) is 4.67. The first-order valence-corrected chi connectivity index (χ1v) is 11.8. The van der Waals surface area contributed by atoms with Crippen LogP contribution in [0.2, 0.25) is 5.02 Å². The van der Waals surface area contributed by atoms with E-state index < -0.39 is 0 Å². The third-order valence-corrected chi connectivity index (χ3v) is 6.62. The van der Waals surface area contributed by atoms with E-state index in [9.17, 15) is 9.59 Å². The average Bonchev–Trinajstić information content (AvgIpc) is 3.23. The number of carbonyl (C=O) groups excluding carboxylic acids is 1. The summed E-state index contributed by atoms with van der Waals surface area (Å²) < 4.78 is 3.34. The summed E-state index contributed by atoms with van der Waals surface area (Å²) in [7, 11) is 0. The Morgan fingerprint density at radius 1 is 1.21 bits per heavy atom. The largest absolute Gasteiger partial charge is 0.355 e. The number of para-hydroxylation sites is 1. The number of benzene rings is 2. The molecule has 1 N–H and O–H groups in total. The maximum atomic E-state index is 12.9. The molecular weight excluding hydrogens is 458 g/mol. The fourth-order valence-corrected chi connectivity index (χ4v) is 4.59. The second kappa shape index (κ2) is 9.41. The Morgan fingerprint density at radius 2 is 2.00 bits per heavy atom. The van der Waals surface area contributed by atoms with Gasteiger partial charge in [-0.3, -0.25) is 18.6 Å². The fourth-order valence-electron chi connectivity index (χ4n) is 3.63. The molecule has 2 heterocycles. The maximum Gasteiger partial charge on any atom is 0.263 e. The maximum absolute atomic E-state index is 12.9. The predicted octanol–water partition coefficient (Wildman–Crippen LogP) is 4.07. The number of thioether (sulfide) groups is 1. The minimum Gasteiger partial charge on any atom is -0.355 e. The van der Waals surface area contributed by atoms with Crippen LogP contribution in [0.5, 0.6) is 0 Å². The molecule has 2 aromatic carbocycles. The van der Waals surface area contributed by atoms with Gasteiger partial charge in [-0.2, -0.15) is 0 Å². The highest BCUT2D eigenvalue weighted by Crippen LogP contribution is 2.25. The molecule has 4 aromatic rings. The highest BCUT2D eigenvalue weighted by molar-refractivity contribution is 7.99. The van der Waals surface area contributed by atoms with Gasteiger partial charge in [-0.1, -0.05) is 67.6 Å². The van der Waals surface area contributed by atoms with Crippen molar-refractivity contribution in [3.63, 3.8) is 0 Å². The van der Waals surface area contributed by atoms with Crippen LogP contribution < -0.4 is 10.9 Å². The molecule has 4 rings (SSSR count). The van der Waals surface area contributed by atoms with Crippen LogP contribution in [0, 0.1) is 0 Å². The molecule has 2 aromatic heterocycles. The number of nitrogens with one attached hydrogen (secondary N) is 1. The van der Waals surface area contributed by atoms with Crippen LogP contribution >= 0.6 is 23.4 Å². The number of rotatable bonds is 8. The van der Waals surface area contributed by atoms with Gasteiger partial charge in [-0.15, -0.1) is 16.8 Å². The molecule has 33 heavy (non-hydrogen) atoms. The molecule has 170 valence electrons. The summed E-state index contributed by atoms with van der Waals surface area (Å²) in [5.74, 6) is 0.473. The average molecular weight is 482 g/mol. The summed E-state index contributed by atoms with van der Waals surface area (Å²) in [5.41, 5.74) is 1.33. The summed E-state index contributed by atoms with van der Waals surface area (Å²) >= 11 is 7.39. The van der Waals surface area contributed by atoms with Crippen molar-refractivity contribution in [3.8, 4) is 0 Å². The molecule has 0 saturated carbocycles. The van der Waals surface area contributed by atoms with E-state index in [4.69, 9.17) is 11.6 Å². The quantitative estimate of drug-likeness (QED) is 0.303. The lowest BCUT2D eigenvalue weighted by molar-refractivity contribution is -0.118. The SMILES string of the molecule is C=CCn1c(=O)c2ccccc2n2c(SCC(=O)NCC(C)(C)c3cccc(Cl)c3)nnc12. The van der Waals surface area contributed by atoms with Crippen LogP contribution in [0.3, 0.4) is 0 Å². The molecule has 7 nitrogen and oxygen atoms in total. The van der Waals surface area contributed by atoms with E-state index in [1.54, 1.807) is 12.1 Å². The number of nitrogens with zero attached hydrogens (tertiary/aromatic N) is 4. The Hall–Kier alpha value is -3.10. The van der Waals surface area contributed by atoms with Gasteiger partial charge in [0.25, 0.3) is 5.56 Å². The van der Waals surface area contributed by atoms with Crippen LogP contribution in [0.15, 0.2) is 71.1 Å². The van der Waals surface area contributed by atoms with E-state index in [1.165, 1.54) is 16.3 Å². The number of carbonyl (C=O) groups is 1. The molecule has 0 fully saturated rings. The van der Waals surface area contributed by atoms with Crippen molar-refractivity contribution >= 4 is 46.0 Å². The molecule has 0 atom stereocenters. The van der Waals surface area contributed by atoms with Crippen LogP contribution in [0.4, 0.5) is 0 Å². The van der Waals surface area contributed by atoms with Gasteiger partial charge in [-0.05, 0) is 29.8 Å². The van der Waals surface area contributed by atoms with Crippen molar-refractivity contribution < 1.29 is 4.79 Å². The van der Waals surface area contributed by atoms with Crippen molar-refractivity contribution in [1.29, 1.82) is 0 Å². The zero-order valence-electron chi connectivity index (χ0n) is 18.4. The van der Waals surface area contributed by atoms with Crippen molar-refractivity contribution in [3.05, 3.63) is 82.1 Å². The second-order valence-corrected chi connectivity index (χ2v) is 9.68. The lowest BCUT2D eigenvalue weighted by atomic mass is 9.84. The lowest BCUT2D eigenvalue weighted by Gasteiger charge is -2.25. The van der Waals surface area contributed by atoms with E-state index in [1.807, 2.05) is 46.9 Å². The van der Waals surface area contributed by atoms with Crippen molar-refractivity contribution in [2.45, 2.75) is 31.0 Å². The Kier molecular flexibility index (Phi) is 6.58. The highest BCUT2D eigenvalue weighted by Gasteiger charge is 2.22. The molecule has 0 bridgehead atoms. The smallest absolute Gasteiger partial charge is 0.263 e. The van der Waals surface area contributed by atoms with E-state index in [-0.39, 0.29) is 22.6 Å². The van der Waals surface area contributed by atoms with Gasteiger partial charge in [0.15, 0.2) is 5.16 Å². The molecule has 1 amide bonds. The number of aromatic nitrogens is 4. The Balaban J connectivity index is 1.53. The Morgan fingerprint density at radius 3 is 2.76 bits per heavy atom. The monoisotopic (exact) mass is 481 g/mol. The molecule has 0 aliphatic carbocycles. The number of halogens is 1. The predicted molar refractivity (Wildman–Crippen MR) is 133 cm³/mol. The third-order valence-electron chi connectivity index (χ3n) is 5.46. The van der Waals surface area contributed by atoms with Crippen LogP contribution in [-0.2, 0) is 16.8 Å². The van der Waals surface area contributed by atoms with Gasteiger partial charge in [0, 0.05) is 23.5 Å². The van der Waals surface area contributed by atoms with Gasteiger partial charge in [0.1, 0.15) is 0 Å². The number of allylic oxidation sites excluding steroid dienone is 1. The van der Waals surface area contributed by atoms with E-state index in [0.29, 0.717) is 39.9 Å². The first-order valence-electron chi connectivity index (χ1n) is 10.4. The summed E-state index contributed by atoms with van der Waals surface area (Å²) in [6.45, 7) is 8.63. The lowest BCUT2D eigenvalue weighted by Crippen LogP contribution is -2.37. The minimum atomic E-state index is -0.274. The number of hydrogen-bond acceptors (Lipinski definition) is 5. The van der Waals surface area contributed by atoms with Gasteiger partial charge < -0.3 is 5.32 Å². The molecule has 9 heteroatoms. The number of hydrogen-bond donors (Lipinski definition) is 1. The molecule has 0 aliphatic heterocycles. The van der Waals surface area contributed by atoms with Crippen molar-refractivity contribution in [2.24, 2.45) is 0 Å². The zero-order valence-corrected chi connectivity index (χ0v) is 20.0. The molecule has 0 unspecified atom stereocenters.